The van der Waals surface area contributed by atoms with E-state index in [4.69, 9.17) is 9.47 Å². The third-order valence-electron chi connectivity index (χ3n) is 2.42. The first-order chi connectivity index (χ1) is 8.56. The Kier molecular flexibility index (Phi) is 5.36. The molecule has 0 aromatic heterocycles. The molecule has 98 valence electrons. The van der Waals surface area contributed by atoms with Crippen LogP contribution >= 0.6 is 0 Å². The average Bonchev–Trinajstić information content (AvgIpc) is 2.36. The summed E-state index contributed by atoms with van der Waals surface area (Å²) in [4.78, 5) is 22.3. The van der Waals surface area contributed by atoms with E-state index in [1.807, 2.05) is 13.8 Å². The van der Waals surface area contributed by atoms with E-state index in [9.17, 15) is 9.59 Å². The van der Waals surface area contributed by atoms with E-state index < -0.39 is 12.1 Å². The van der Waals surface area contributed by atoms with Gasteiger partial charge in [0.2, 0.25) is 0 Å². The first-order valence-corrected chi connectivity index (χ1v) is 5.86. The van der Waals surface area contributed by atoms with Crippen LogP contribution in [0.1, 0.15) is 30.6 Å². The van der Waals surface area contributed by atoms with Gasteiger partial charge in [-0.15, -0.1) is 0 Å². The van der Waals surface area contributed by atoms with Crippen molar-refractivity contribution >= 4 is 12.3 Å². The van der Waals surface area contributed by atoms with E-state index in [1.54, 1.807) is 24.3 Å². The van der Waals surface area contributed by atoms with Crippen LogP contribution in [-0.4, -0.2) is 25.5 Å². The third-order valence-corrected chi connectivity index (χ3v) is 2.42. The minimum atomic E-state index is -0.642. The number of hydrogen-bond donors (Lipinski definition) is 0. The Morgan fingerprint density at radius 1 is 1.39 bits per heavy atom. The second-order valence-electron chi connectivity index (χ2n) is 4.45. The van der Waals surface area contributed by atoms with Gasteiger partial charge in [-0.05, 0) is 24.5 Å². The Balaban J connectivity index is 2.81. The summed E-state index contributed by atoms with van der Waals surface area (Å²) in [6, 6.07) is 6.70. The van der Waals surface area contributed by atoms with Gasteiger partial charge in [0.1, 0.15) is 12.0 Å². The van der Waals surface area contributed by atoms with Crippen LogP contribution in [0, 0.1) is 5.92 Å². The van der Waals surface area contributed by atoms with Gasteiger partial charge in [0.05, 0.1) is 7.11 Å². The number of ether oxygens (including phenoxy) is 2. The first kappa shape index (κ1) is 14.2. The zero-order chi connectivity index (χ0) is 13.5. The molecule has 1 aromatic carbocycles. The largest absolute Gasteiger partial charge is 0.479 e. The highest BCUT2D eigenvalue weighted by Gasteiger charge is 2.22. The van der Waals surface area contributed by atoms with Gasteiger partial charge in [0.15, 0.2) is 6.10 Å². The fourth-order valence-corrected chi connectivity index (χ4v) is 1.58. The topological polar surface area (TPSA) is 52.6 Å². The molecule has 1 atom stereocenters. The molecule has 0 bridgehead atoms. The molecular weight excluding hydrogens is 232 g/mol. The van der Waals surface area contributed by atoms with Gasteiger partial charge < -0.3 is 9.47 Å². The number of carbonyl (C=O) groups is 2. The van der Waals surface area contributed by atoms with Crippen LogP contribution in [0.25, 0.3) is 0 Å². The number of aldehydes is 1. The van der Waals surface area contributed by atoms with E-state index in [-0.39, 0.29) is 0 Å². The number of methoxy groups -OCH3 is 1. The molecule has 0 spiro atoms. The van der Waals surface area contributed by atoms with Crippen LogP contribution < -0.4 is 4.74 Å². The van der Waals surface area contributed by atoms with Gasteiger partial charge in [-0.2, -0.15) is 0 Å². The number of benzene rings is 1. The van der Waals surface area contributed by atoms with Gasteiger partial charge in [0.25, 0.3) is 0 Å². The smallest absolute Gasteiger partial charge is 0.347 e. The highest BCUT2D eigenvalue weighted by Crippen LogP contribution is 2.18. The molecule has 1 rings (SSSR count). The van der Waals surface area contributed by atoms with E-state index in [0.717, 1.165) is 6.29 Å². The Labute approximate surface area is 107 Å². The van der Waals surface area contributed by atoms with Gasteiger partial charge in [-0.25, -0.2) is 4.79 Å². The van der Waals surface area contributed by atoms with Crippen molar-refractivity contribution in [3.63, 3.8) is 0 Å². The summed E-state index contributed by atoms with van der Waals surface area (Å²) >= 11 is 0. The first-order valence-electron chi connectivity index (χ1n) is 5.86. The molecule has 0 saturated carbocycles. The summed E-state index contributed by atoms with van der Waals surface area (Å²) in [5.74, 6) is 0.402. The molecule has 4 nitrogen and oxygen atoms in total. The molecule has 0 aliphatic carbocycles. The molecule has 1 aromatic rings. The van der Waals surface area contributed by atoms with Gasteiger partial charge >= 0.3 is 5.97 Å². The summed E-state index contributed by atoms with van der Waals surface area (Å²) in [6.07, 6.45) is 0.664. The van der Waals surface area contributed by atoms with Crippen molar-refractivity contribution in [3.8, 4) is 5.75 Å². The predicted molar refractivity (Wildman–Crippen MR) is 67.7 cm³/mol. The molecule has 18 heavy (non-hydrogen) atoms. The summed E-state index contributed by atoms with van der Waals surface area (Å²) in [7, 11) is 1.33. The maximum Gasteiger partial charge on any atom is 0.347 e. The summed E-state index contributed by atoms with van der Waals surface area (Å²) in [5.41, 5.74) is 0.515. The summed E-state index contributed by atoms with van der Waals surface area (Å²) in [5, 5.41) is 0. The van der Waals surface area contributed by atoms with Crippen LogP contribution in [0.15, 0.2) is 24.3 Å². The summed E-state index contributed by atoms with van der Waals surface area (Å²) < 4.78 is 10.3. The van der Waals surface area contributed by atoms with Crippen LogP contribution in [0.3, 0.4) is 0 Å². The highest BCUT2D eigenvalue weighted by molar-refractivity contribution is 5.76. The van der Waals surface area contributed by atoms with Gasteiger partial charge in [-0.1, -0.05) is 26.0 Å². The predicted octanol–water partition coefficient (Wildman–Crippen LogP) is 2.47. The van der Waals surface area contributed by atoms with Gasteiger partial charge in [-0.3, -0.25) is 4.79 Å². The lowest BCUT2D eigenvalue weighted by atomic mass is 10.1. The van der Waals surface area contributed by atoms with Crippen LogP contribution in [0.5, 0.6) is 5.75 Å². The van der Waals surface area contributed by atoms with Crippen molar-refractivity contribution in [3.05, 3.63) is 29.8 Å². The number of rotatable bonds is 6. The molecule has 0 heterocycles. The van der Waals surface area contributed by atoms with Crippen LogP contribution in [0.2, 0.25) is 0 Å². The lowest BCUT2D eigenvalue weighted by molar-refractivity contribution is -0.149. The van der Waals surface area contributed by atoms with Crippen molar-refractivity contribution < 1.29 is 19.1 Å². The fourth-order valence-electron chi connectivity index (χ4n) is 1.58. The Bertz CT molecular complexity index is 412. The standard InChI is InChI=1S/C14H18O4/c1-10(2)7-13(14(16)17-3)18-12-6-4-5-11(8-12)9-15/h4-6,8-10,13H,7H2,1-3H3/t13-/m0/s1. The molecule has 0 unspecified atom stereocenters. The number of hydrogen-bond acceptors (Lipinski definition) is 4. The molecule has 0 N–H and O–H groups in total. The molecule has 0 amide bonds. The maximum atomic E-state index is 11.6. The van der Waals surface area contributed by atoms with E-state index in [1.165, 1.54) is 7.11 Å². The molecule has 4 heteroatoms. The van der Waals surface area contributed by atoms with Crippen molar-refractivity contribution in [2.45, 2.75) is 26.4 Å². The molecule has 0 aliphatic heterocycles. The zero-order valence-electron chi connectivity index (χ0n) is 10.9. The molecule has 0 aliphatic rings. The lowest BCUT2D eigenvalue weighted by Crippen LogP contribution is -2.30. The average molecular weight is 250 g/mol. The Hall–Kier alpha value is -1.84. The van der Waals surface area contributed by atoms with Crippen LogP contribution in [0.4, 0.5) is 0 Å². The molecule has 0 saturated heterocycles. The summed E-state index contributed by atoms with van der Waals surface area (Å²) in [6.45, 7) is 4.00. The van der Waals surface area contributed by atoms with Crippen molar-refractivity contribution in [1.29, 1.82) is 0 Å². The minimum absolute atomic E-state index is 0.309. The van der Waals surface area contributed by atoms with E-state index >= 15 is 0 Å². The second-order valence-corrected chi connectivity index (χ2v) is 4.45. The SMILES string of the molecule is COC(=O)[C@H](CC(C)C)Oc1cccc(C=O)c1. The van der Waals surface area contributed by atoms with E-state index in [2.05, 4.69) is 0 Å². The van der Waals surface area contributed by atoms with Crippen molar-refractivity contribution in [1.82, 2.24) is 0 Å². The van der Waals surface area contributed by atoms with Crippen LogP contribution in [-0.2, 0) is 9.53 Å². The molecule has 0 radical (unpaired) electrons. The maximum absolute atomic E-state index is 11.6. The number of esters is 1. The zero-order valence-corrected chi connectivity index (χ0v) is 10.9. The van der Waals surface area contributed by atoms with E-state index in [0.29, 0.717) is 23.7 Å². The minimum Gasteiger partial charge on any atom is -0.479 e. The Morgan fingerprint density at radius 2 is 2.11 bits per heavy atom. The molecule has 0 fully saturated rings. The number of carbonyl (C=O) groups excluding carboxylic acids is 2. The Morgan fingerprint density at radius 3 is 2.67 bits per heavy atom. The third kappa shape index (κ3) is 4.20. The monoisotopic (exact) mass is 250 g/mol. The normalized spacial score (nSPS) is 12.0. The second kappa shape index (κ2) is 6.79. The van der Waals surface area contributed by atoms with Gasteiger partial charge in [0, 0.05) is 5.56 Å². The highest BCUT2D eigenvalue weighted by atomic mass is 16.6. The fraction of sp³-hybridized carbons (Fsp3) is 0.429. The quantitative estimate of drug-likeness (QED) is 0.575. The molecular formula is C14H18O4. The van der Waals surface area contributed by atoms with Crippen molar-refractivity contribution in [2.75, 3.05) is 7.11 Å². The lowest BCUT2D eigenvalue weighted by Gasteiger charge is -2.18. The van der Waals surface area contributed by atoms with Crippen molar-refractivity contribution in [2.24, 2.45) is 5.92 Å².